The van der Waals surface area contributed by atoms with Crippen LogP contribution in [0.1, 0.15) is 11.1 Å². The highest BCUT2D eigenvalue weighted by Gasteiger charge is 2.34. The van der Waals surface area contributed by atoms with Crippen LogP contribution in [-0.2, 0) is 14.8 Å². The summed E-state index contributed by atoms with van der Waals surface area (Å²) in [5.41, 5.74) is 1.33. The second-order valence-corrected chi connectivity index (χ2v) is 8.72. The van der Waals surface area contributed by atoms with Crippen molar-refractivity contribution < 1.29 is 17.6 Å². The van der Waals surface area contributed by atoms with Crippen molar-refractivity contribution in [2.75, 3.05) is 11.9 Å². The number of carbonyl (C=O) groups excluding carboxylic acids is 1. The standard InChI is InChI=1S/C21H15ClFN3O3S/c22-15-10-11-19-16(12-15)21(14-6-2-1-3-7-14)25-26(30(19,28)29)13-20(27)24-18-9-5-4-8-17(18)23/h1-12H,13H2,(H,24,27). The topological polar surface area (TPSA) is 78.8 Å². The Morgan fingerprint density at radius 1 is 1.03 bits per heavy atom. The third-order valence-corrected chi connectivity index (χ3v) is 6.35. The number of hydrogen-bond donors (Lipinski definition) is 1. The highest BCUT2D eigenvalue weighted by atomic mass is 35.5. The monoisotopic (exact) mass is 443 g/mol. The number of carbonyl (C=O) groups is 1. The van der Waals surface area contributed by atoms with Gasteiger partial charge >= 0.3 is 0 Å². The van der Waals surface area contributed by atoms with E-state index in [0.717, 1.165) is 0 Å². The number of hydrogen-bond acceptors (Lipinski definition) is 4. The molecule has 1 N–H and O–H groups in total. The molecule has 1 amide bonds. The highest BCUT2D eigenvalue weighted by molar-refractivity contribution is 7.89. The van der Waals surface area contributed by atoms with Crippen LogP contribution in [0.15, 0.2) is 82.8 Å². The second-order valence-electron chi connectivity index (χ2n) is 6.47. The van der Waals surface area contributed by atoms with Crippen LogP contribution in [0.4, 0.5) is 10.1 Å². The number of fused-ring (bicyclic) bond motifs is 1. The number of amides is 1. The Bertz CT molecular complexity index is 1260. The number of halogens is 2. The first-order chi connectivity index (χ1) is 14.4. The first kappa shape index (κ1) is 20.1. The van der Waals surface area contributed by atoms with E-state index in [1.807, 2.05) is 6.07 Å². The number of sulfonamides is 1. The van der Waals surface area contributed by atoms with Crippen molar-refractivity contribution in [2.24, 2.45) is 5.10 Å². The molecule has 6 nitrogen and oxygen atoms in total. The SMILES string of the molecule is O=C(CN1N=C(c2ccccc2)c2cc(Cl)ccc2S1(=O)=O)Nc1ccccc1F. The van der Waals surface area contributed by atoms with Gasteiger partial charge in [-0.1, -0.05) is 54.1 Å². The molecular formula is C21H15ClFN3O3S. The summed E-state index contributed by atoms with van der Waals surface area (Å²) in [6.45, 7) is -0.616. The molecule has 0 aromatic heterocycles. The van der Waals surface area contributed by atoms with E-state index in [0.29, 0.717) is 26.3 Å². The molecule has 1 aliphatic rings. The average molecular weight is 444 g/mol. The van der Waals surface area contributed by atoms with Gasteiger partial charge in [0.05, 0.1) is 10.6 Å². The van der Waals surface area contributed by atoms with Crippen molar-refractivity contribution in [2.45, 2.75) is 4.90 Å². The summed E-state index contributed by atoms with van der Waals surface area (Å²) in [4.78, 5) is 12.4. The molecule has 0 spiro atoms. The zero-order chi connectivity index (χ0) is 21.3. The van der Waals surface area contributed by atoms with E-state index in [-0.39, 0.29) is 10.6 Å². The van der Waals surface area contributed by atoms with Crippen LogP contribution in [0, 0.1) is 5.82 Å². The van der Waals surface area contributed by atoms with Crippen LogP contribution in [0.3, 0.4) is 0 Å². The number of hydrazone groups is 1. The van der Waals surface area contributed by atoms with Crippen molar-refractivity contribution in [3.63, 3.8) is 0 Å². The third kappa shape index (κ3) is 3.79. The maximum Gasteiger partial charge on any atom is 0.280 e. The fourth-order valence-electron chi connectivity index (χ4n) is 3.05. The number of nitrogens with zero attached hydrogens (tertiary/aromatic N) is 2. The number of para-hydroxylation sites is 1. The predicted octanol–water partition coefficient (Wildman–Crippen LogP) is 3.87. The number of anilines is 1. The first-order valence-corrected chi connectivity index (χ1v) is 10.7. The Balaban J connectivity index is 1.73. The van der Waals surface area contributed by atoms with Crippen molar-refractivity contribution in [3.05, 3.63) is 94.8 Å². The maximum atomic E-state index is 13.8. The van der Waals surface area contributed by atoms with Gasteiger partial charge in [-0.2, -0.15) is 17.9 Å². The number of rotatable bonds is 4. The molecule has 0 bridgehead atoms. The van der Waals surface area contributed by atoms with Gasteiger partial charge in [0.25, 0.3) is 10.0 Å². The Morgan fingerprint density at radius 3 is 2.47 bits per heavy atom. The second kappa shape index (κ2) is 7.89. The fourth-order valence-corrected chi connectivity index (χ4v) is 4.60. The van der Waals surface area contributed by atoms with Gasteiger partial charge in [0.1, 0.15) is 18.1 Å². The zero-order valence-corrected chi connectivity index (χ0v) is 17.0. The van der Waals surface area contributed by atoms with E-state index in [4.69, 9.17) is 11.6 Å². The Hall–Kier alpha value is -3.23. The third-order valence-electron chi connectivity index (χ3n) is 4.44. The van der Waals surface area contributed by atoms with Crippen LogP contribution < -0.4 is 5.32 Å². The van der Waals surface area contributed by atoms with Crippen LogP contribution in [0.5, 0.6) is 0 Å². The Morgan fingerprint density at radius 2 is 1.73 bits per heavy atom. The first-order valence-electron chi connectivity index (χ1n) is 8.87. The Kier molecular flexibility index (Phi) is 5.27. The van der Waals surface area contributed by atoms with E-state index in [1.54, 1.807) is 30.3 Å². The summed E-state index contributed by atoms with van der Waals surface area (Å²) in [7, 11) is -4.11. The molecule has 9 heteroatoms. The van der Waals surface area contributed by atoms with Crippen LogP contribution in [-0.4, -0.2) is 31.0 Å². The van der Waals surface area contributed by atoms with Gasteiger partial charge in [-0.05, 0) is 30.3 Å². The lowest BCUT2D eigenvalue weighted by molar-refractivity contribution is -0.116. The highest BCUT2D eigenvalue weighted by Crippen LogP contribution is 2.31. The van der Waals surface area contributed by atoms with Gasteiger partial charge in [0.15, 0.2) is 0 Å². The molecule has 0 unspecified atom stereocenters. The van der Waals surface area contributed by atoms with Crippen LogP contribution >= 0.6 is 11.6 Å². The smallest absolute Gasteiger partial charge is 0.280 e. The summed E-state index contributed by atoms with van der Waals surface area (Å²) in [6.07, 6.45) is 0. The fraction of sp³-hybridized carbons (Fsp3) is 0.0476. The molecule has 0 saturated heterocycles. The van der Waals surface area contributed by atoms with E-state index in [9.17, 15) is 17.6 Å². The minimum atomic E-state index is -4.11. The molecule has 0 saturated carbocycles. The molecule has 0 radical (unpaired) electrons. The lowest BCUT2D eigenvalue weighted by Gasteiger charge is -2.27. The van der Waals surface area contributed by atoms with Gasteiger partial charge in [-0.25, -0.2) is 4.39 Å². The summed E-state index contributed by atoms with van der Waals surface area (Å²) in [6, 6.07) is 18.9. The molecule has 0 fully saturated rings. The van der Waals surface area contributed by atoms with Crippen molar-refractivity contribution in [1.29, 1.82) is 0 Å². The van der Waals surface area contributed by atoms with E-state index >= 15 is 0 Å². The minimum Gasteiger partial charge on any atom is -0.322 e. The largest absolute Gasteiger partial charge is 0.322 e. The van der Waals surface area contributed by atoms with Gasteiger partial charge in [-0.15, -0.1) is 0 Å². The summed E-state index contributed by atoms with van der Waals surface area (Å²) in [5, 5.41) is 6.97. The molecule has 3 aromatic carbocycles. The summed E-state index contributed by atoms with van der Waals surface area (Å²) in [5.74, 6) is -1.35. The normalized spacial score (nSPS) is 14.6. The molecule has 0 atom stereocenters. The predicted molar refractivity (Wildman–Crippen MR) is 112 cm³/mol. The molecular weight excluding hydrogens is 429 g/mol. The minimum absolute atomic E-state index is 0.0144. The molecule has 4 rings (SSSR count). The maximum absolute atomic E-state index is 13.8. The lowest BCUT2D eigenvalue weighted by atomic mass is 10.0. The molecule has 30 heavy (non-hydrogen) atoms. The van der Waals surface area contributed by atoms with E-state index in [1.165, 1.54) is 36.4 Å². The average Bonchev–Trinajstić information content (AvgIpc) is 2.72. The van der Waals surface area contributed by atoms with Gasteiger partial charge in [-0.3, -0.25) is 4.79 Å². The van der Waals surface area contributed by atoms with E-state index < -0.39 is 28.3 Å². The van der Waals surface area contributed by atoms with Gasteiger partial charge in [0.2, 0.25) is 5.91 Å². The molecule has 1 heterocycles. The lowest BCUT2D eigenvalue weighted by Crippen LogP contribution is -2.38. The van der Waals surface area contributed by atoms with Crippen molar-refractivity contribution in [3.8, 4) is 0 Å². The molecule has 0 aliphatic carbocycles. The molecule has 3 aromatic rings. The summed E-state index contributed by atoms with van der Waals surface area (Å²) >= 11 is 6.09. The van der Waals surface area contributed by atoms with Gasteiger partial charge < -0.3 is 5.32 Å². The van der Waals surface area contributed by atoms with Crippen molar-refractivity contribution in [1.82, 2.24) is 4.41 Å². The van der Waals surface area contributed by atoms with Crippen molar-refractivity contribution >= 4 is 38.9 Å². The number of benzene rings is 3. The number of nitrogens with one attached hydrogen (secondary N) is 1. The van der Waals surface area contributed by atoms with Crippen LogP contribution in [0.2, 0.25) is 5.02 Å². The van der Waals surface area contributed by atoms with E-state index in [2.05, 4.69) is 10.4 Å². The molecule has 1 aliphatic heterocycles. The Labute approximate surface area is 177 Å². The molecule has 152 valence electrons. The summed E-state index contributed by atoms with van der Waals surface area (Å²) < 4.78 is 40.7. The van der Waals surface area contributed by atoms with Crippen LogP contribution in [0.25, 0.3) is 0 Å². The zero-order valence-electron chi connectivity index (χ0n) is 15.4. The quantitative estimate of drug-likeness (QED) is 0.664. The van der Waals surface area contributed by atoms with Gasteiger partial charge in [0, 0.05) is 16.1 Å².